The van der Waals surface area contributed by atoms with Gasteiger partial charge < -0.3 is 9.88 Å². The smallest absolute Gasteiger partial charge is 0.255 e. The van der Waals surface area contributed by atoms with E-state index in [1.165, 1.54) is 5.56 Å². The number of carbonyl (C=O) groups is 1. The van der Waals surface area contributed by atoms with E-state index in [0.29, 0.717) is 5.56 Å². The molecule has 0 unspecified atom stereocenters. The van der Waals surface area contributed by atoms with Crippen LogP contribution in [0.3, 0.4) is 0 Å². The van der Waals surface area contributed by atoms with Crippen LogP contribution in [0.2, 0.25) is 0 Å². The van der Waals surface area contributed by atoms with E-state index >= 15 is 0 Å². The molecule has 29 heavy (non-hydrogen) atoms. The quantitative estimate of drug-likeness (QED) is 0.461. The maximum absolute atomic E-state index is 12.4. The largest absolute Gasteiger partial charge is 0.322 e. The summed E-state index contributed by atoms with van der Waals surface area (Å²) < 4.78 is 1.98. The molecule has 6 heteroatoms. The number of anilines is 1. The van der Waals surface area contributed by atoms with Gasteiger partial charge in [-0.3, -0.25) is 4.79 Å². The Morgan fingerprint density at radius 2 is 1.66 bits per heavy atom. The third kappa shape index (κ3) is 4.55. The van der Waals surface area contributed by atoms with E-state index in [9.17, 15) is 4.79 Å². The second-order valence-corrected chi connectivity index (χ2v) is 7.48. The molecule has 1 heterocycles. The van der Waals surface area contributed by atoms with Gasteiger partial charge in [0.2, 0.25) is 0 Å². The van der Waals surface area contributed by atoms with Crippen LogP contribution in [0, 0.1) is 0 Å². The first kappa shape index (κ1) is 19.0. The van der Waals surface area contributed by atoms with Crippen LogP contribution in [0.25, 0.3) is 11.4 Å². The van der Waals surface area contributed by atoms with E-state index < -0.39 is 0 Å². The summed E-state index contributed by atoms with van der Waals surface area (Å²) in [5.74, 6) is 1.45. The van der Waals surface area contributed by atoms with Gasteiger partial charge in [-0.15, -0.1) is 10.2 Å². The number of hydrogen-bond acceptors (Lipinski definition) is 4. The molecule has 4 rings (SSSR count). The van der Waals surface area contributed by atoms with Gasteiger partial charge in [-0.25, -0.2) is 0 Å². The highest BCUT2D eigenvalue weighted by molar-refractivity contribution is 7.98. The fourth-order valence-corrected chi connectivity index (χ4v) is 3.81. The normalized spacial score (nSPS) is 10.7. The first-order chi connectivity index (χ1) is 14.2. The van der Waals surface area contributed by atoms with Crippen LogP contribution in [-0.4, -0.2) is 20.7 Å². The third-order valence-electron chi connectivity index (χ3n) is 4.46. The highest BCUT2D eigenvalue weighted by Gasteiger charge is 2.13. The van der Waals surface area contributed by atoms with Gasteiger partial charge in [0.15, 0.2) is 11.0 Å². The first-order valence-corrected chi connectivity index (χ1v) is 10.2. The van der Waals surface area contributed by atoms with Crippen molar-refractivity contribution in [3.05, 3.63) is 96.1 Å². The topological polar surface area (TPSA) is 59.8 Å². The Balaban J connectivity index is 1.49. The third-order valence-corrected chi connectivity index (χ3v) is 5.55. The van der Waals surface area contributed by atoms with Crippen molar-refractivity contribution in [3.63, 3.8) is 0 Å². The molecule has 0 radical (unpaired) electrons. The fourth-order valence-electron chi connectivity index (χ4n) is 2.94. The Hall–Kier alpha value is -3.38. The molecule has 0 aliphatic heterocycles. The van der Waals surface area contributed by atoms with Gasteiger partial charge in [-0.1, -0.05) is 72.4 Å². The molecule has 0 fully saturated rings. The van der Waals surface area contributed by atoms with E-state index in [1.54, 1.807) is 23.9 Å². The lowest BCUT2D eigenvalue weighted by Crippen LogP contribution is -2.11. The van der Waals surface area contributed by atoms with Crippen LogP contribution < -0.4 is 5.32 Å². The SMILES string of the molecule is Cn1c(SCc2ccccc2)nnc1-c1cccc(NC(=O)c2ccccc2)c1. The van der Waals surface area contributed by atoms with Crippen molar-refractivity contribution in [2.45, 2.75) is 10.9 Å². The fraction of sp³-hybridized carbons (Fsp3) is 0.0870. The molecule has 144 valence electrons. The number of carbonyl (C=O) groups excluding carboxylic acids is 1. The molecule has 0 aliphatic carbocycles. The molecular weight excluding hydrogens is 380 g/mol. The van der Waals surface area contributed by atoms with Crippen LogP contribution in [0.1, 0.15) is 15.9 Å². The number of aromatic nitrogens is 3. The number of thioether (sulfide) groups is 1. The predicted octanol–water partition coefficient (Wildman–Crippen LogP) is 5.03. The first-order valence-electron chi connectivity index (χ1n) is 9.23. The Bertz CT molecular complexity index is 1110. The summed E-state index contributed by atoms with van der Waals surface area (Å²) in [7, 11) is 1.96. The number of nitrogens with zero attached hydrogens (tertiary/aromatic N) is 3. The Labute approximate surface area is 173 Å². The highest BCUT2D eigenvalue weighted by Crippen LogP contribution is 2.26. The van der Waals surface area contributed by atoms with Crippen molar-refractivity contribution in [2.24, 2.45) is 7.05 Å². The Morgan fingerprint density at radius 3 is 2.41 bits per heavy atom. The molecule has 5 nitrogen and oxygen atoms in total. The van der Waals surface area contributed by atoms with Gasteiger partial charge in [0.05, 0.1) is 0 Å². The monoisotopic (exact) mass is 400 g/mol. The molecule has 3 aromatic carbocycles. The standard InChI is InChI=1S/C23H20N4OS/c1-27-21(25-26-23(27)29-16-17-9-4-2-5-10-17)19-13-8-14-20(15-19)24-22(28)18-11-6-3-7-12-18/h2-15H,16H2,1H3,(H,24,28). The highest BCUT2D eigenvalue weighted by atomic mass is 32.2. The molecule has 1 N–H and O–H groups in total. The lowest BCUT2D eigenvalue weighted by Gasteiger charge is -2.08. The second-order valence-electron chi connectivity index (χ2n) is 6.54. The summed E-state index contributed by atoms with van der Waals surface area (Å²) in [6.07, 6.45) is 0. The minimum absolute atomic E-state index is 0.139. The number of benzene rings is 3. The number of nitrogens with one attached hydrogen (secondary N) is 1. The Kier molecular flexibility index (Phi) is 5.72. The van der Waals surface area contributed by atoms with Crippen LogP contribution in [0.5, 0.6) is 0 Å². The molecule has 0 bridgehead atoms. The zero-order valence-electron chi connectivity index (χ0n) is 15.9. The van der Waals surface area contributed by atoms with Gasteiger partial charge in [0.1, 0.15) is 0 Å². The predicted molar refractivity (Wildman–Crippen MR) is 117 cm³/mol. The average Bonchev–Trinajstić information content (AvgIpc) is 3.14. The molecule has 0 spiro atoms. The molecule has 0 aliphatic rings. The van der Waals surface area contributed by atoms with Crippen molar-refractivity contribution < 1.29 is 4.79 Å². The number of hydrogen-bond donors (Lipinski definition) is 1. The summed E-state index contributed by atoms with van der Waals surface area (Å²) in [5, 5.41) is 12.5. The van der Waals surface area contributed by atoms with Crippen molar-refractivity contribution in [3.8, 4) is 11.4 Å². The van der Waals surface area contributed by atoms with Crippen molar-refractivity contribution >= 4 is 23.4 Å². The molecule has 1 aromatic heterocycles. The van der Waals surface area contributed by atoms with Crippen molar-refractivity contribution in [1.29, 1.82) is 0 Å². The lowest BCUT2D eigenvalue weighted by atomic mass is 10.1. The van der Waals surface area contributed by atoms with Crippen LogP contribution in [0.4, 0.5) is 5.69 Å². The summed E-state index contributed by atoms with van der Waals surface area (Å²) in [4.78, 5) is 12.4. The number of amides is 1. The molecular formula is C23H20N4OS. The van der Waals surface area contributed by atoms with Gasteiger partial charge >= 0.3 is 0 Å². The molecule has 0 saturated carbocycles. The van der Waals surface area contributed by atoms with Crippen LogP contribution >= 0.6 is 11.8 Å². The van der Waals surface area contributed by atoms with Gasteiger partial charge in [0.25, 0.3) is 5.91 Å². The van der Waals surface area contributed by atoms with E-state index in [1.807, 2.05) is 72.3 Å². The molecule has 1 amide bonds. The maximum atomic E-state index is 12.4. The number of rotatable bonds is 6. The summed E-state index contributed by atoms with van der Waals surface area (Å²) in [5.41, 5.74) is 3.49. The summed E-state index contributed by atoms with van der Waals surface area (Å²) in [6.45, 7) is 0. The molecule has 0 saturated heterocycles. The second kappa shape index (κ2) is 8.75. The lowest BCUT2D eigenvalue weighted by molar-refractivity contribution is 0.102. The van der Waals surface area contributed by atoms with Gasteiger partial charge in [-0.05, 0) is 29.8 Å². The zero-order chi connectivity index (χ0) is 20.1. The minimum Gasteiger partial charge on any atom is -0.322 e. The molecule has 0 atom stereocenters. The minimum atomic E-state index is -0.139. The Morgan fingerprint density at radius 1 is 0.931 bits per heavy atom. The van der Waals surface area contributed by atoms with E-state index in [2.05, 4.69) is 27.6 Å². The zero-order valence-corrected chi connectivity index (χ0v) is 16.8. The summed E-state index contributed by atoms with van der Waals surface area (Å²) >= 11 is 1.65. The molecule has 4 aromatic rings. The summed E-state index contributed by atoms with van der Waals surface area (Å²) in [6, 6.07) is 27.1. The van der Waals surface area contributed by atoms with Crippen molar-refractivity contribution in [1.82, 2.24) is 14.8 Å². The van der Waals surface area contributed by atoms with Gasteiger partial charge in [-0.2, -0.15) is 0 Å². The van der Waals surface area contributed by atoms with Crippen LogP contribution in [0.15, 0.2) is 90.1 Å². The maximum Gasteiger partial charge on any atom is 0.255 e. The van der Waals surface area contributed by atoms with Gasteiger partial charge in [0, 0.05) is 29.6 Å². The van der Waals surface area contributed by atoms with Crippen LogP contribution in [-0.2, 0) is 12.8 Å². The average molecular weight is 401 g/mol. The van der Waals surface area contributed by atoms with E-state index in [4.69, 9.17) is 0 Å². The van der Waals surface area contributed by atoms with Crippen molar-refractivity contribution in [2.75, 3.05) is 5.32 Å². The van der Waals surface area contributed by atoms with E-state index in [-0.39, 0.29) is 5.91 Å². The van der Waals surface area contributed by atoms with E-state index in [0.717, 1.165) is 28.0 Å².